The van der Waals surface area contributed by atoms with Gasteiger partial charge in [-0.2, -0.15) is 0 Å². The highest BCUT2D eigenvalue weighted by molar-refractivity contribution is 5.98. The van der Waals surface area contributed by atoms with E-state index in [4.69, 9.17) is 4.98 Å². The van der Waals surface area contributed by atoms with Crippen LogP contribution in [0.1, 0.15) is 35.2 Å². The molecule has 0 atom stereocenters. The van der Waals surface area contributed by atoms with E-state index >= 15 is 0 Å². The molecule has 9 heteroatoms. The molecule has 1 aliphatic rings. The van der Waals surface area contributed by atoms with E-state index in [2.05, 4.69) is 49.7 Å². The third-order valence-electron chi connectivity index (χ3n) is 8.37. The Morgan fingerprint density at radius 3 is 2.50 bits per heavy atom. The third kappa shape index (κ3) is 3.81. The Bertz CT molecular complexity index is 2130. The van der Waals surface area contributed by atoms with E-state index in [0.717, 1.165) is 63.8 Å². The van der Waals surface area contributed by atoms with Gasteiger partial charge in [-0.3, -0.25) is 4.79 Å². The quantitative estimate of drug-likeness (QED) is 0.241. The molecule has 4 heterocycles. The monoisotopic (exact) mass is 551 g/mol. The smallest absolute Gasteiger partial charge is 0.319 e. The molecule has 0 saturated heterocycles. The maximum Gasteiger partial charge on any atom is 0.319 e. The zero-order valence-electron chi connectivity index (χ0n) is 22.5. The highest BCUT2D eigenvalue weighted by Gasteiger charge is 2.40. The first-order valence-corrected chi connectivity index (χ1v) is 13.9. The summed E-state index contributed by atoms with van der Waals surface area (Å²) in [5, 5.41) is 21.6. The molecule has 0 bridgehead atoms. The lowest BCUT2D eigenvalue weighted by molar-refractivity contribution is 0.0823. The van der Waals surface area contributed by atoms with Gasteiger partial charge in [-0.05, 0) is 66.8 Å². The molecule has 1 fully saturated rings. The summed E-state index contributed by atoms with van der Waals surface area (Å²) in [5.41, 5.74) is 8.64. The number of amides is 1. The van der Waals surface area contributed by atoms with Gasteiger partial charge in [-0.25, -0.2) is 14.4 Å². The number of carbonyl (C=O) groups is 1. The normalized spacial score (nSPS) is 14.3. The minimum atomic E-state index is -0.410. The first-order chi connectivity index (χ1) is 20.6. The van der Waals surface area contributed by atoms with Crippen molar-refractivity contribution in [3.8, 4) is 28.4 Å². The van der Waals surface area contributed by atoms with E-state index in [1.165, 1.54) is 0 Å². The number of aromatic amines is 1. The van der Waals surface area contributed by atoms with Gasteiger partial charge in [0.1, 0.15) is 0 Å². The number of nitrogens with one attached hydrogen (secondary N) is 2. The lowest BCUT2D eigenvalue weighted by Crippen LogP contribution is -2.50. The molecule has 204 valence electrons. The van der Waals surface area contributed by atoms with Crippen LogP contribution in [-0.4, -0.2) is 40.6 Å². The van der Waals surface area contributed by atoms with Crippen molar-refractivity contribution in [2.75, 3.05) is 0 Å². The van der Waals surface area contributed by atoms with Gasteiger partial charge in [0.2, 0.25) is 0 Å². The largest absolute Gasteiger partial charge is 0.479 e. The highest BCUT2D eigenvalue weighted by Crippen LogP contribution is 2.43. The summed E-state index contributed by atoms with van der Waals surface area (Å²) in [7, 11) is 0. The van der Waals surface area contributed by atoms with Crippen LogP contribution in [0, 0.1) is 0 Å². The number of nitrogens with zero attached hydrogens (tertiary/aromatic N) is 5. The molecule has 9 nitrogen and oxygen atoms in total. The first-order valence-electron chi connectivity index (χ1n) is 13.9. The molecule has 3 N–H and O–H groups in total. The van der Waals surface area contributed by atoms with Gasteiger partial charge in [0, 0.05) is 16.7 Å². The first kappa shape index (κ1) is 24.2. The summed E-state index contributed by atoms with van der Waals surface area (Å²) in [5.74, 6) is -0.102. The number of aromatic nitrogens is 6. The van der Waals surface area contributed by atoms with E-state index in [-0.39, 0.29) is 11.9 Å². The van der Waals surface area contributed by atoms with Crippen molar-refractivity contribution >= 4 is 33.6 Å². The lowest BCUT2D eigenvalue weighted by Gasteiger charge is -2.43. The SMILES string of the molecule is O=C(NC1(c2ccc(-c3nc4ccc5nnc(O)n5c4cc3-c3ccccc3)cc2)CCC1)c1ccc2[nH]cnc2c1. The Hall–Kier alpha value is -5.57. The summed E-state index contributed by atoms with van der Waals surface area (Å²) >= 11 is 0. The van der Waals surface area contributed by atoms with Crippen LogP contribution in [0.15, 0.2) is 97.3 Å². The van der Waals surface area contributed by atoms with Crippen LogP contribution in [0.4, 0.5) is 0 Å². The van der Waals surface area contributed by atoms with Crippen LogP contribution in [0.5, 0.6) is 6.01 Å². The van der Waals surface area contributed by atoms with Gasteiger partial charge < -0.3 is 15.4 Å². The topological polar surface area (TPSA) is 121 Å². The molecule has 42 heavy (non-hydrogen) atoms. The minimum Gasteiger partial charge on any atom is -0.479 e. The van der Waals surface area contributed by atoms with E-state index in [1.54, 1.807) is 16.8 Å². The second-order valence-electron chi connectivity index (χ2n) is 10.8. The highest BCUT2D eigenvalue weighted by atomic mass is 16.3. The van der Waals surface area contributed by atoms with Crippen LogP contribution in [0.3, 0.4) is 0 Å². The van der Waals surface area contributed by atoms with Crippen molar-refractivity contribution < 1.29 is 9.90 Å². The van der Waals surface area contributed by atoms with Crippen molar-refractivity contribution in [3.05, 3.63) is 108 Å². The third-order valence-corrected chi connectivity index (χ3v) is 8.37. The number of pyridine rings is 2. The van der Waals surface area contributed by atoms with Crippen LogP contribution in [0.2, 0.25) is 0 Å². The molecule has 0 unspecified atom stereocenters. The molecule has 3 aromatic carbocycles. The Labute approximate surface area is 239 Å². The van der Waals surface area contributed by atoms with Gasteiger partial charge in [0.25, 0.3) is 5.91 Å². The number of fused-ring (bicyclic) bond motifs is 4. The summed E-state index contributed by atoms with van der Waals surface area (Å²) in [6, 6.07) is 29.5. The van der Waals surface area contributed by atoms with E-state index in [9.17, 15) is 9.90 Å². The Kier molecular flexibility index (Phi) is 5.33. The van der Waals surface area contributed by atoms with Gasteiger partial charge in [-0.15, -0.1) is 5.10 Å². The number of imidazole rings is 1. The second-order valence-corrected chi connectivity index (χ2v) is 10.8. The maximum atomic E-state index is 13.3. The summed E-state index contributed by atoms with van der Waals surface area (Å²) in [4.78, 5) is 25.7. The van der Waals surface area contributed by atoms with Crippen molar-refractivity contribution in [2.24, 2.45) is 0 Å². The van der Waals surface area contributed by atoms with Crippen LogP contribution < -0.4 is 5.32 Å². The summed E-state index contributed by atoms with van der Waals surface area (Å²) in [6.07, 6.45) is 4.44. The Morgan fingerprint density at radius 2 is 1.71 bits per heavy atom. The number of aromatic hydroxyl groups is 1. The molecule has 7 aromatic rings. The number of carbonyl (C=O) groups excluding carboxylic acids is 1. The average Bonchev–Trinajstić information content (AvgIpc) is 3.65. The van der Waals surface area contributed by atoms with Crippen LogP contribution >= 0.6 is 0 Å². The summed E-state index contributed by atoms with van der Waals surface area (Å²) < 4.78 is 1.61. The molecule has 0 spiro atoms. The number of benzene rings is 3. The Balaban J connectivity index is 1.18. The van der Waals surface area contributed by atoms with Crippen molar-refractivity contribution in [3.63, 3.8) is 0 Å². The molecular formula is C33H25N7O2. The zero-order chi connectivity index (χ0) is 28.3. The second kappa shape index (κ2) is 9.24. The molecule has 0 radical (unpaired) electrons. The predicted molar refractivity (Wildman–Crippen MR) is 160 cm³/mol. The van der Waals surface area contributed by atoms with Gasteiger partial charge in [0.15, 0.2) is 5.65 Å². The fourth-order valence-corrected chi connectivity index (χ4v) is 5.98. The number of rotatable bonds is 5. The molecule has 4 aromatic heterocycles. The molecule has 8 rings (SSSR count). The van der Waals surface area contributed by atoms with E-state index in [1.807, 2.05) is 60.7 Å². The molecule has 0 aliphatic heterocycles. The lowest BCUT2D eigenvalue weighted by atomic mass is 9.71. The predicted octanol–water partition coefficient (Wildman–Crippen LogP) is 6.00. The van der Waals surface area contributed by atoms with Gasteiger partial charge >= 0.3 is 6.01 Å². The summed E-state index contributed by atoms with van der Waals surface area (Å²) in [6.45, 7) is 0. The van der Waals surface area contributed by atoms with Crippen molar-refractivity contribution in [1.82, 2.24) is 34.9 Å². The molecule has 1 aliphatic carbocycles. The zero-order valence-corrected chi connectivity index (χ0v) is 22.5. The number of H-pyrrole nitrogens is 1. The van der Waals surface area contributed by atoms with E-state index in [0.29, 0.717) is 16.7 Å². The average molecular weight is 552 g/mol. The van der Waals surface area contributed by atoms with Crippen molar-refractivity contribution in [2.45, 2.75) is 24.8 Å². The fraction of sp³-hybridized carbons (Fsp3) is 0.121. The number of hydrogen-bond acceptors (Lipinski definition) is 6. The Morgan fingerprint density at radius 1 is 0.881 bits per heavy atom. The van der Waals surface area contributed by atoms with Crippen LogP contribution in [0.25, 0.3) is 50.1 Å². The minimum absolute atomic E-state index is 0.102. The fourth-order valence-electron chi connectivity index (χ4n) is 5.98. The molecule has 1 saturated carbocycles. The van der Waals surface area contributed by atoms with Gasteiger partial charge in [-0.1, -0.05) is 59.7 Å². The standard InChI is InChI=1S/C33H25N7O2/c41-31(22-9-12-25-27(17-22)35-19-34-25)37-33(15-4-16-33)23-10-7-21(8-11-23)30-24(20-5-2-1-3-6-20)18-28-26(36-30)13-14-29-38-39-32(42)40(28)29/h1-3,5-14,17-19H,4,15-16H2,(H,34,35)(H,37,41)(H,39,42). The molecule has 1 amide bonds. The van der Waals surface area contributed by atoms with Crippen LogP contribution in [-0.2, 0) is 5.54 Å². The molecular weight excluding hydrogens is 526 g/mol. The van der Waals surface area contributed by atoms with Gasteiger partial charge in [0.05, 0.1) is 39.6 Å². The van der Waals surface area contributed by atoms with Crippen molar-refractivity contribution in [1.29, 1.82) is 0 Å². The maximum absolute atomic E-state index is 13.3. The van der Waals surface area contributed by atoms with E-state index < -0.39 is 5.54 Å². The number of hydrogen-bond donors (Lipinski definition) is 3.